The van der Waals surface area contributed by atoms with Crippen LogP contribution in [0.3, 0.4) is 0 Å². The third-order valence-corrected chi connectivity index (χ3v) is 7.62. The van der Waals surface area contributed by atoms with Gasteiger partial charge in [0.05, 0.1) is 12.4 Å². The number of piperidine rings is 1. The summed E-state index contributed by atoms with van der Waals surface area (Å²) in [5.74, 6) is -0.200. The second-order valence-electron chi connectivity index (χ2n) is 9.21. The smallest absolute Gasteiger partial charge is 0.321 e. The van der Waals surface area contributed by atoms with Crippen LogP contribution in [0.5, 0.6) is 0 Å². The molecule has 0 aromatic heterocycles. The minimum Gasteiger partial charge on any atom is -0.352 e. The molecule has 0 bridgehead atoms. The maximum atomic E-state index is 13.7. The quantitative estimate of drug-likeness (QED) is 0.578. The van der Waals surface area contributed by atoms with Crippen LogP contribution in [0.25, 0.3) is 0 Å². The zero-order valence-corrected chi connectivity index (χ0v) is 21.8. The van der Waals surface area contributed by atoms with Crippen LogP contribution < -0.4 is 15.5 Å². The van der Waals surface area contributed by atoms with Crippen LogP contribution >= 0.6 is 15.9 Å². The third-order valence-electron chi connectivity index (χ3n) is 6.93. The number of halogens is 1. The Morgan fingerprint density at radius 2 is 1.71 bits per heavy atom. The first kappa shape index (κ1) is 25.0. The first-order valence-corrected chi connectivity index (χ1v) is 12.8. The number of nitrogens with zero attached hydrogens (tertiary/aromatic N) is 3. The van der Waals surface area contributed by atoms with E-state index >= 15 is 0 Å². The fourth-order valence-corrected chi connectivity index (χ4v) is 5.14. The lowest BCUT2D eigenvalue weighted by atomic mass is 9.85. The molecule has 4 amide bonds. The van der Waals surface area contributed by atoms with Crippen LogP contribution in [0, 0.1) is 0 Å². The molecule has 2 aliphatic rings. The number of nitrogens with one attached hydrogen (secondary N) is 2. The van der Waals surface area contributed by atoms with Gasteiger partial charge in [-0.1, -0.05) is 37.3 Å². The van der Waals surface area contributed by atoms with Crippen molar-refractivity contribution in [1.29, 1.82) is 0 Å². The van der Waals surface area contributed by atoms with Crippen molar-refractivity contribution in [2.75, 3.05) is 36.5 Å². The average molecular weight is 542 g/mol. The summed E-state index contributed by atoms with van der Waals surface area (Å²) >= 11 is 3.46. The number of likely N-dealkylation sites (tertiary alicyclic amines) is 1. The van der Waals surface area contributed by atoms with Crippen molar-refractivity contribution in [2.45, 2.75) is 44.7 Å². The molecule has 1 spiro atoms. The number of carbonyl (C=O) groups is 3. The molecule has 2 aromatic carbocycles. The first-order chi connectivity index (χ1) is 16.8. The summed E-state index contributed by atoms with van der Waals surface area (Å²) in [6.07, 6.45) is 1.82. The number of urea groups is 1. The second kappa shape index (κ2) is 10.7. The molecule has 186 valence electrons. The number of anilines is 2. The number of hydrogen-bond donors (Lipinski definition) is 2. The number of rotatable bonds is 6. The predicted molar refractivity (Wildman–Crippen MR) is 140 cm³/mol. The van der Waals surface area contributed by atoms with Crippen molar-refractivity contribution in [2.24, 2.45) is 0 Å². The van der Waals surface area contributed by atoms with Gasteiger partial charge in [-0.3, -0.25) is 9.59 Å². The number of carbonyl (C=O) groups excluding carboxylic acids is 3. The average Bonchev–Trinajstić information content (AvgIpc) is 3.12. The van der Waals surface area contributed by atoms with Crippen molar-refractivity contribution < 1.29 is 14.4 Å². The summed E-state index contributed by atoms with van der Waals surface area (Å²) in [4.78, 5) is 44.8. The summed E-state index contributed by atoms with van der Waals surface area (Å²) in [7, 11) is 0. The normalized spacial score (nSPS) is 18.0. The van der Waals surface area contributed by atoms with Crippen molar-refractivity contribution in [3.63, 3.8) is 0 Å². The molecule has 2 aromatic rings. The van der Waals surface area contributed by atoms with E-state index in [-0.39, 0.29) is 30.4 Å². The number of benzene rings is 2. The van der Waals surface area contributed by atoms with Crippen LogP contribution in [0.2, 0.25) is 0 Å². The molecule has 1 unspecified atom stereocenters. The van der Waals surface area contributed by atoms with Crippen LogP contribution in [0.15, 0.2) is 59.1 Å². The Kier molecular flexibility index (Phi) is 7.64. The van der Waals surface area contributed by atoms with E-state index in [9.17, 15) is 14.4 Å². The largest absolute Gasteiger partial charge is 0.352 e. The molecule has 1 atom stereocenters. The zero-order valence-electron chi connectivity index (χ0n) is 20.2. The Morgan fingerprint density at radius 1 is 1.06 bits per heavy atom. The highest BCUT2D eigenvalue weighted by Gasteiger charge is 2.54. The SMILES string of the molecule is CCC(C)NC(=O)CN1CN(c2ccccc2)C2(CCN(C(=O)Nc3ccccc3Br)CC2)C1=O. The van der Waals surface area contributed by atoms with Crippen molar-refractivity contribution in [1.82, 2.24) is 15.1 Å². The highest BCUT2D eigenvalue weighted by molar-refractivity contribution is 9.10. The van der Waals surface area contributed by atoms with Gasteiger partial charge in [-0.25, -0.2) is 4.79 Å². The standard InChI is InChI=1S/C26H32BrN5O3/c1-3-19(2)28-23(33)17-31-18-32(20-9-5-4-6-10-20)26(24(31)34)13-15-30(16-14-26)25(35)29-22-12-8-7-11-21(22)27/h4-12,19H,3,13-18H2,1-2H3,(H,28,33)(H,29,35). The lowest BCUT2D eigenvalue weighted by Gasteiger charge is -2.43. The van der Waals surface area contributed by atoms with E-state index in [1.165, 1.54) is 0 Å². The van der Waals surface area contributed by atoms with Gasteiger partial charge in [0.15, 0.2) is 0 Å². The molecule has 0 radical (unpaired) electrons. The summed E-state index contributed by atoms with van der Waals surface area (Å²) < 4.78 is 0.814. The van der Waals surface area contributed by atoms with E-state index in [2.05, 4.69) is 31.5 Å². The molecular formula is C26H32BrN5O3. The lowest BCUT2D eigenvalue weighted by Crippen LogP contribution is -2.58. The minimum atomic E-state index is -0.776. The number of hydrogen-bond acceptors (Lipinski definition) is 4. The molecule has 35 heavy (non-hydrogen) atoms. The monoisotopic (exact) mass is 541 g/mol. The van der Waals surface area contributed by atoms with Gasteiger partial charge in [0.2, 0.25) is 5.91 Å². The molecular weight excluding hydrogens is 510 g/mol. The van der Waals surface area contributed by atoms with Crippen LogP contribution in [-0.2, 0) is 9.59 Å². The Hall–Kier alpha value is -3.07. The molecule has 0 aliphatic carbocycles. The van der Waals surface area contributed by atoms with E-state index in [1.807, 2.05) is 68.4 Å². The van der Waals surface area contributed by atoms with Gasteiger partial charge >= 0.3 is 6.03 Å². The maximum absolute atomic E-state index is 13.7. The summed E-state index contributed by atoms with van der Waals surface area (Å²) in [6, 6.07) is 17.2. The Balaban J connectivity index is 1.49. The fraction of sp³-hybridized carbons (Fsp3) is 0.423. The molecule has 4 rings (SSSR count). The molecule has 2 heterocycles. The van der Waals surface area contributed by atoms with Crippen LogP contribution in [0.4, 0.5) is 16.2 Å². The Morgan fingerprint density at radius 3 is 2.37 bits per heavy atom. The van der Waals surface area contributed by atoms with Crippen molar-refractivity contribution in [3.8, 4) is 0 Å². The first-order valence-electron chi connectivity index (χ1n) is 12.1. The van der Waals surface area contributed by atoms with Crippen molar-refractivity contribution in [3.05, 3.63) is 59.1 Å². The summed E-state index contributed by atoms with van der Waals surface area (Å²) in [5.41, 5.74) is 0.873. The second-order valence-corrected chi connectivity index (χ2v) is 10.1. The Bertz CT molecular complexity index is 1070. The highest BCUT2D eigenvalue weighted by Crippen LogP contribution is 2.39. The van der Waals surface area contributed by atoms with Crippen LogP contribution in [0.1, 0.15) is 33.1 Å². The predicted octanol–water partition coefficient (Wildman–Crippen LogP) is 4.04. The number of para-hydroxylation sites is 2. The molecule has 0 saturated carbocycles. The van der Waals surface area contributed by atoms with Gasteiger partial charge in [0, 0.05) is 29.3 Å². The van der Waals surface area contributed by atoms with Crippen LogP contribution in [-0.4, -0.2) is 65.5 Å². The molecule has 9 heteroatoms. The van der Waals surface area contributed by atoms with Gasteiger partial charge in [-0.15, -0.1) is 0 Å². The van der Waals surface area contributed by atoms with E-state index in [4.69, 9.17) is 0 Å². The molecule has 2 N–H and O–H groups in total. The molecule has 2 aliphatic heterocycles. The third kappa shape index (κ3) is 5.29. The maximum Gasteiger partial charge on any atom is 0.321 e. The van der Waals surface area contributed by atoms with Crippen molar-refractivity contribution >= 4 is 45.2 Å². The highest BCUT2D eigenvalue weighted by atomic mass is 79.9. The van der Waals surface area contributed by atoms with E-state index in [0.717, 1.165) is 16.6 Å². The van der Waals surface area contributed by atoms with Gasteiger partial charge in [0.1, 0.15) is 12.1 Å². The lowest BCUT2D eigenvalue weighted by molar-refractivity contribution is -0.137. The summed E-state index contributed by atoms with van der Waals surface area (Å²) in [5, 5.41) is 5.91. The zero-order chi connectivity index (χ0) is 25.0. The van der Waals surface area contributed by atoms with Gasteiger partial charge in [-0.2, -0.15) is 0 Å². The fourth-order valence-electron chi connectivity index (χ4n) is 4.75. The van der Waals surface area contributed by atoms with E-state index in [0.29, 0.717) is 38.3 Å². The molecule has 2 saturated heterocycles. The topological polar surface area (TPSA) is 85.0 Å². The van der Waals surface area contributed by atoms with E-state index < -0.39 is 5.54 Å². The summed E-state index contributed by atoms with van der Waals surface area (Å²) in [6.45, 7) is 5.23. The number of amides is 4. The van der Waals surface area contributed by atoms with Gasteiger partial charge in [0.25, 0.3) is 5.91 Å². The molecule has 8 nitrogen and oxygen atoms in total. The molecule has 2 fully saturated rings. The van der Waals surface area contributed by atoms with E-state index in [1.54, 1.807) is 9.80 Å². The Labute approximate surface area is 214 Å². The van der Waals surface area contributed by atoms with Gasteiger partial charge < -0.3 is 25.3 Å². The minimum absolute atomic E-state index is 0.0283. The van der Waals surface area contributed by atoms with Gasteiger partial charge in [-0.05, 0) is 66.4 Å².